The maximum atomic E-state index is 13.9. The van der Waals surface area contributed by atoms with Crippen LogP contribution in [-0.2, 0) is 13.1 Å². The number of fused-ring (bicyclic) bond motifs is 1. The zero-order valence-electron chi connectivity index (χ0n) is 15.0. The molecule has 26 heavy (non-hydrogen) atoms. The fourth-order valence-corrected chi connectivity index (χ4v) is 3.17. The molecule has 0 atom stereocenters. The number of halogens is 2. The van der Waals surface area contributed by atoms with Crippen LogP contribution in [0.25, 0.3) is 10.9 Å². The van der Waals surface area contributed by atoms with E-state index in [2.05, 4.69) is 10.3 Å². The normalized spacial score (nSPS) is 11.5. The molecule has 0 saturated carbocycles. The van der Waals surface area contributed by atoms with Gasteiger partial charge < -0.3 is 9.88 Å². The fourth-order valence-electron chi connectivity index (χ4n) is 3.01. The number of aromatic nitrogens is 2. The SMILES string of the molecule is Cc1cc(CNCc2cn(C(C)C)c3cc(Cl)c(F)cc3c2=O)ccn1. The molecule has 136 valence electrons. The lowest BCUT2D eigenvalue weighted by Crippen LogP contribution is -2.22. The van der Waals surface area contributed by atoms with E-state index < -0.39 is 5.82 Å². The van der Waals surface area contributed by atoms with E-state index in [1.165, 1.54) is 12.1 Å². The zero-order chi connectivity index (χ0) is 18.8. The van der Waals surface area contributed by atoms with Crippen molar-refractivity contribution in [2.75, 3.05) is 0 Å². The Hall–Kier alpha value is -2.24. The Morgan fingerprint density at radius 3 is 2.73 bits per heavy atom. The maximum absolute atomic E-state index is 13.9. The molecule has 0 amide bonds. The van der Waals surface area contributed by atoms with Crippen molar-refractivity contribution < 1.29 is 4.39 Å². The molecule has 0 unspecified atom stereocenters. The number of nitrogens with zero attached hydrogens (tertiary/aromatic N) is 2. The van der Waals surface area contributed by atoms with Crippen molar-refractivity contribution >= 4 is 22.5 Å². The zero-order valence-corrected chi connectivity index (χ0v) is 15.8. The van der Waals surface area contributed by atoms with Gasteiger partial charge >= 0.3 is 0 Å². The van der Waals surface area contributed by atoms with Crippen LogP contribution in [-0.4, -0.2) is 9.55 Å². The Kier molecular flexibility index (Phi) is 5.39. The first-order chi connectivity index (χ1) is 12.4. The number of benzene rings is 1. The second-order valence-electron chi connectivity index (χ2n) is 6.68. The van der Waals surface area contributed by atoms with Crippen LogP contribution in [0.2, 0.25) is 5.02 Å². The average Bonchev–Trinajstić information content (AvgIpc) is 2.58. The molecular formula is C20H21ClFN3O. The third kappa shape index (κ3) is 3.79. The van der Waals surface area contributed by atoms with E-state index in [1.54, 1.807) is 6.20 Å². The third-order valence-corrected chi connectivity index (χ3v) is 4.60. The summed E-state index contributed by atoms with van der Waals surface area (Å²) in [5.74, 6) is -0.580. The number of pyridine rings is 2. The van der Waals surface area contributed by atoms with Crippen LogP contribution in [0.3, 0.4) is 0 Å². The highest BCUT2D eigenvalue weighted by molar-refractivity contribution is 6.31. The smallest absolute Gasteiger partial charge is 0.193 e. The summed E-state index contributed by atoms with van der Waals surface area (Å²) in [4.78, 5) is 17.0. The molecule has 1 aromatic carbocycles. The first kappa shape index (κ1) is 18.5. The molecule has 0 aliphatic heterocycles. The molecule has 6 heteroatoms. The quantitative estimate of drug-likeness (QED) is 0.722. The molecule has 4 nitrogen and oxygen atoms in total. The van der Waals surface area contributed by atoms with Gasteiger partial charge in [-0.15, -0.1) is 0 Å². The van der Waals surface area contributed by atoms with Gasteiger partial charge in [-0.25, -0.2) is 4.39 Å². The van der Waals surface area contributed by atoms with E-state index in [0.717, 1.165) is 11.3 Å². The van der Waals surface area contributed by atoms with E-state index in [1.807, 2.05) is 43.7 Å². The number of hydrogen-bond acceptors (Lipinski definition) is 3. The summed E-state index contributed by atoms with van der Waals surface area (Å²) < 4.78 is 15.9. The summed E-state index contributed by atoms with van der Waals surface area (Å²) >= 11 is 5.91. The second kappa shape index (κ2) is 7.56. The van der Waals surface area contributed by atoms with E-state index in [4.69, 9.17) is 11.6 Å². The average molecular weight is 374 g/mol. The minimum Gasteiger partial charge on any atom is -0.344 e. The molecule has 0 fully saturated rings. The van der Waals surface area contributed by atoms with Crippen LogP contribution in [0, 0.1) is 12.7 Å². The van der Waals surface area contributed by atoms with Gasteiger partial charge in [0.05, 0.1) is 10.5 Å². The predicted octanol–water partition coefficient (Wildman–Crippen LogP) is 4.37. The molecule has 0 spiro atoms. The van der Waals surface area contributed by atoms with Gasteiger partial charge in [0.1, 0.15) is 5.82 Å². The molecule has 0 bridgehead atoms. The third-order valence-electron chi connectivity index (χ3n) is 4.31. The van der Waals surface area contributed by atoms with Crippen molar-refractivity contribution in [3.63, 3.8) is 0 Å². The van der Waals surface area contributed by atoms with Crippen molar-refractivity contribution in [1.29, 1.82) is 0 Å². The van der Waals surface area contributed by atoms with E-state index >= 15 is 0 Å². The standard InChI is InChI=1S/C20H21ClFN3O/c1-12(2)25-11-15(10-23-9-14-4-5-24-13(3)6-14)20(26)16-7-18(22)17(21)8-19(16)25/h4-8,11-12,23H,9-10H2,1-3H3. The monoisotopic (exact) mass is 373 g/mol. The minimum atomic E-state index is -0.580. The molecule has 0 aliphatic rings. The van der Waals surface area contributed by atoms with Crippen LogP contribution >= 0.6 is 11.6 Å². The number of aryl methyl sites for hydroxylation is 1. The summed E-state index contributed by atoms with van der Waals surface area (Å²) in [6.07, 6.45) is 3.59. The number of nitrogens with one attached hydrogen (secondary N) is 1. The molecule has 0 aliphatic carbocycles. The van der Waals surface area contributed by atoms with Crippen LogP contribution in [0.1, 0.15) is 36.7 Å². The van der Waals surface area contributed by atoms with Crippen LogP contribution in [0.15, 0.2) is 41.5 Å². The van der Waals surface area contributed by atoms with Gasteiger partial charge in [-0.2, -0.15) is 0 Å². The molecule has 1 N–H and O–H groups in total. The Balaban J connectivity index is 1.94. The highest BCUT2D eigenvalue weighted by atomic mass is 35.5. The van der Waals surface area contributed by atoms with E-state index in [0.29, 0.717) is 29.6 Å². The molecular weight excluding hydrogens is 353 g/mol. The molecule has 2 aromatic heterocycles. The summed E-state index contributed by atoms with van der Waals surface area (Å²) in [6.45, 7) is 6.98. The van der Waals surface area contributed by atoms with Crippen molar-refractivity contribution in [3.05, 3.63) is 74.5 Å². The highest BCUT2D eigenvalue weighted by Crippen LogP contribution is 2.23. The Morgan fingerprint density at radius 1 is 1.27 bits per heavy atom. The van der Waals surface area contributed by atoms with Gasteiger partial charge in [-0.1, -0.05) is 11.6 Å². The summed E-state index contributed by atoms with van der Waals surface area (Å²) in [5, 5.41) is 3.65. The second-order valence-corrected chi connectivity index (χ2v) is 7.08. The lowest BCUT2D eigenvalue weighted by atomic mass is 10.1. The predicted molar refractivity (Wildman–Crippen MR) is 103 cm³/mol. The Labute approximate surface area is 156 Å². The van der Waals surface area contributed by atoms with Gasteiger partial charge in [-0.05, 0) is 50.6 Å². The Morgan fingerprint density at radius 2 is 2.04 bits per heavy atom. The van der Waals surface area contributed by atoms with Crippen molar-refractivity contribution in [2.24, 2.45) is 0 Å². The molecule has 2 heterocycles. The van der Waals surface area contributed by atoms with Gasteiger partial charge in [0, 0.05) is 48.2 Å². The Bertz CT molecular complexity index is 1010. The topological polar surface area (TPSA) is 46.9 Å². The molecule has 3 aromatic rings. The lowest BCUT2D eigenvalue weighted by molar-refractivity contribution is 0.603. The van der Waals surface area contributed by atoms with Gasteiger partial charge in [-0.3, -0.25) is 9.78 Å². The molecule has 3 rings (SSSR count). The minimum absolute atomic E-state index is 0.0187. The van der Waals surface area contributed by atoms with Gasteiger partial charge in [0.2, 0.25) is 0 Å². The van der Waals surface area contributed by atoms with Crippen LogP contribution < -0.4 is 10.7 Å². The maximum Gasteiger partial charge on any atom is 0.193 e. The van der Waals surface area contributed by atoms with E-state index in [9.17, 15) is 9.18 Å². The largest absolute Gasteiger partial charge is 0.344 e. The summed E-state index contributed by atoms with van der Waals surface area (Å²) in [7, 11) is 0. The van der Waals surface area contributed by atoms with E-state index in [-0.39, 0.29) is 16.5 Å². The lowest BCUT2D eigenvalue weighted by Gasteiger charge is -2.17. The molecule has 0 saturated heterocycles. The summed E-state index contributed by atoms with van der Waals surface area (Å²) in [6, 6.07) is 6.79. The fraction of sp³-hybridized carbons (Fsp3) is 0.300. The first-order valence-corrected chi connectivity index (χ1v) is 8.89. The van der Waals surface area contributed by atoms with Gasteiger partial charge in [0.25, 0.3) is 0 Å². The summed E-state index contributed by atoms with van der Waals surface area (Å²) in [5.41, 5.74) is 3.11. The number of rotatable bonds is 5. The number of hydrogen-bond donors (Lipinski definition) is 1. The molecule has 0 radical (unpaired) electrons. The van der Waals surface area contributed by atoms with Crippen molar-refractivity contribution in [2.45, 2.75) is 39.9 Å². The van der Waals surface area contributed by atoms with Crippen molar-refractivity contribution in [3.8, 4) is 0 Å². The highest BCUT2D eigenvalue weighted by Gasteiger charge is 2.14. The first-order valence-electron chi connectivity index (χ1n) is 8.52. The van der Waals surface area contributed by atoms with Crippen LogP contribution in [0.5, 0.6) is 0 Å². The van der Waals surface area contributed by atoms with Crippen molar-refractivity contribution in [1.82, 2.24) is 14.9 Å². The van der Waals surface area contributed by atoms with Gasteiger partial charge in [0.15, 0.2) is 5.43 Å². The van der Waals surface area contributed by atoms with Crippen LogP contribution in [0.4, 0.5) is 4.39 Å².